The predicted molar refractivity (Wildman–Crippen MR) is 95.0 cm³/mol. The van der Waals surface area contributed by atoms with Gasteiger partial charge in [-0.15, -0.1) is 0 Å². The van der Waals surface area contributed by atoms with Gasteiger partial charge in [0.05, 0.1) is 36.6 Å². The SMILES string of the molecule is CC(C)Nc1ccc2c(c1)c(C1=NCCOC1)c(O)n2C(C)C. The minimum Gasteiger partial charge on any atom is -0.494 e. The number of hydrogen-bond donors (Lipinski definition) is 2. The molecule has 0 fully saturated rings. The lowest BCUT2D eigenvalue weighted by atomic mass is 10.1. The second kappa shape index (κ2) is 6.24. The van der Waals surface area contributed by atoms with Crippen molar-refractivity contribution in [2.75, 3.05) is 25.1 Å². The van der Waals surface area contributed by atoms with Crippen LogP contribution in [0, 0.1) is 0 Å². The summed E-state index contributed by atoms with van der Waals surface area (Å²) in [6.07, 6.45) is 0. The Morgan fingerprint density at radius 2 is 2.04 bits per heavy atom. The van der Waals surface area contributed by atoms with Crippen LogP contribution in [0.25, 0.3) is 10.9 Å². The third-order valence-electron chi connectivity index (χ3n) is 4.01. The Morgan fingerprint density at radius 1 is 1.26 bits per heavy atom. The van der Waals surface area contributed by atoms with Gasteiger partial charge in [-0.3, -0.25) is 4.99 Å². The molecule has 0 spiro atoms. The Hall–Kier alpha value is -2.01. The number of hydrogen-bond acceptors (Lipinski definition) is 4. The minimum absolute atomic E-state index is 0.167. The number of aromatic hydroxyl groups is 1. The molecule has 0 bridgehead atoms. The molecule has 0 saturated heterocycles. The van der Waals surface area contributed by atoms with E-state index in [0.717, 1.165) is 27.9 Å². The number of aromatic nitrogens is 1. The third kappa shape index (κ3) is 2.93. The molecule has 2 heterocycles. The monoisotopic (exact) mass is 315 g/mol. The Morgan fingerprint density at radius 3 is 2.65 bits per heavy atom. The minimum atomic E-state index is 0.167. The highest BCUT2D eigenvalue weighted by Crippen LogP contribution is 2.36. The first-order valence-corrected chi connectivity index (χ1v) is 8.24. The van der Waals surface area contributed by atoms with Crippen LogP contribution in [0.15, 0.2) is 23.2 Å². The van der Waals surface area contributed by atoms with Crippen molar-refractivity contribution < 1.29 is 9.84 Å². The quantitative estimate of drug-likeness (QED) is 0.907. The molecule has 1 aliphatic rings. The Kier molecular flexibility index (Phi) is 4.31. The largest absolute Gasteiger partial charge is 0.494 e. The van der Waals surface area contributed by atoms with Crippen LogP contribution in [0.2, 0.25) is 0 Å². The van der Waals surface area contributed by atoms with Gasteiger partial charge in [0.25, 0.3) is 0 Å². The van der Waals surface area contributed by atoms with Crippen molar-refractivity contribution in [2.24, 2.45) is 4.99 Å². The molecule has 0 amide bonds. The van der Waals surface area contributed by atoms with E-state index < -0.39 is 0 Å². The molecule has 0 aliphatic carbocycles. The lowest BCUT2D eigenvalue weighted by molar-refractivity contribution is 0.171. The van der Waals surface area contributed by atoms with Gasteiger partial charge in [0.1, 0.15) is 0 Å². The van der Waals surface area contributed by atoms with Crippen LogP contribution >= 0.6 is 0 Å². The fourth-order valence-corrected chi connectivity index (χ4v) is 3.14. The van der Waals surface area contributed by atoms with Crippen molar-refractivity contribution in [3.05, 3.63) is 23.8 Å². The van der Waals surface area contributed by atoms with Crippen LogP contribution in [0.5, 0.6) is 5.88 Å². The number of anilines is 1. The van der Waals surface area contributed by atoms with Gasteiger partial charge in [-0.1, -0.05) is 0 Å². The first kappa shape index (κ1) is 15.9. The number of nitrogens with zero attached hydrogens (tertiary/aromatic N) is 2. The first-order chi connectivity index (χ1) is 11.0. The average Bonchev–Trinajstić information content (AvgIpc) is 2.79. The summed E-state index contributed by atoms with van der Waals surface area (Å²) in [7, 11) is 0. The fourth-order valence-electron chi connectivity index (χ4n) is 3.14. The molecule has 124 valence electrons. The van der Waals surface area contributed by atoms with Crippen molar-refractivity contribution in [3.63, 3.8) is 0 Å². The zero-order chi connectivity index (χ0) is 16.6. The van der Waals surface area contributed by atoms with Gasteiger partial charge < -0.3 is 19.7 Å². The maximum atomic E-state index is 10.8. The van der Waals surface area contributed by atoms with Gasteiger partial charge in [0.15, 0.2) is 0 Å². The zero-order valence-electron chi connectivity index (χ0n) is 14.3. The second-order valence-electron chi connectivity index (χ2n) is 6.57. The van der Waals surface area contributed by atoms with Crippen LogP contribution in [0.4, 0.5) is 5.69 Å². The van der Waals surface area contributed by atoms with E-state index in [2.05, 4.69) is 56.2 Å². The summed E-state index contributed by atoms with van der Waals surface area (Å²) in [5.41, 5.74) is 3.71. The zero-order valence-corrected chi connectivity index (χ0v) is 14.3. The highest BCUT2D eigenvalue weighted by Gasteiger charge is 2.23. The summed E-state index contributed by atoms with van der Waals surface area (Å²) in [5, 5.41) is 15.3. The maximum absolute atomic E-state index is 10.8. The predicted octanol–water partition coefficient (Wildman–Crippen LogP) is 3.57. The van der Waals surface area contributed by atoms with Gasteiger partial charge in [-0.05, 0) is 45.9 Å². The Bertz CT molecular complexity index is 744. The number of ether oxygens (including phenoxy) is 1. The van der Waals surface area contributed by atoms with Crippen molar-refractivity contribution in [1.29, 1.82) is 0 Å². The third-order valence-corrected chi connectivity index (χ3v) is 4.01. The molecule has 0 atom stereocenters. The molecule has 2 N–H and O–H groups in total. The van der Waals surface area contributed by atoms with Crippen LogP contribution < -0.4 is 5.32 Å². The summed E-state index contributed by atoms with van der Waals surface area (Å²) in [4.78, 5) is 4.57. The first-order valence-electron chi connectivity index (χ1n) is 8.24. The smallest absolute Gasteiger partial charge is 0.201 e. The second-order valence-corrected chi connectivity index (χ2v) is 6.57. The standard InChI is InChI=1S/C18H25N3O2/c1-11(2)20-13-5-6-16-14(9-13)17(15-10-23-8-7-19-15)18(22)21(16)12(3)4/h5-6,9,11-12,20,22H,7-8,10H2,1-4H3. The van der Waals surface area contributed by atoms with Crippen LogP contribution in [0.3, 0.4) is 0 Å². The van der Waals surface area contributed by atoms with Crippen molar-refractivity contribution in [2.45, 2.75) is 39.8 Å². The number of rotatable bonds is 4. The summed E-state index contributed by atoms with van der Waals surface area (Å²) >= 11 is 0. The molecule has 0 radical (unpaired) electrons. The Balaban J connectivity index is 2.22. The van der Waals surface area contributed by atoms with E-state index in [1.807, 2.05) is 4.57 Å². The molecular weight excluding hydrogens is 290 g/mol. The summed E-state index contributed by atoms with van der Waals surface area (Å²) in [6.45, 7) is 10.1. The molecule has 5 heteroatoms. The summed E-state index contributed by atoms with van der Waals surface area (Å²) < 4.78 is 7.50. The van der Waals surface area contributed by atoms with E-state index in [-0.39, 0.29) is 11.9 Å². The van der Waals surface area contributed by atoms with E-state index in [1.165, 1.54) is 0 Å². The molecule has 1 aliphatic heterocycles. The maximum Gasteiger partial charge on any atom is 0.201 e. The fraction of sp³-hybridized carbons (Fsp3) is 0.500. The molecule has 3 rings (SSSR count). The van der Waals surface area contributed by atoms with E-state index in [9.17, 15) is 5.11 Å². The molecular formula is C18H25N3O2. The van der Waals surface area contributed by atoms with Crippen molar-refractivity contribution in [1.82, 2.24) is 4.57 Å². The molecule has 0 unspecified atom stereocenters. The highest BCUT2D eigenvalue weighted by molar-refractivity contribution is 6.14. The van der Waals surface area contributed by atoms with E-state index >= 15 is 0 Å². The summed E-state index contributed by atoms with van der Waals surface area (Å²) in [6, 6.07) is 6.74. The number of aliphatic imine (C=N–C) groups is 1. The van der Waals surface area contributed by atoms with Gasteiger partial charge in [0, 0.05) is 23.2 Å². The molecule has 23 heavy (non-hydrogen) atoms. The summed E-state index contributed by atoms with van der Waals surface area (Å²) in [5.74, 6) is 0.279. The normalized spacial score (nSPS) is 15.5. The van der Waals surface area contributed by atoms with Crippen LogP contribution in [0.1, 0.15) is 39.3 Å². The molecule has 1 aromatic carbocycles. The van der Waals surface area contributed by atoms with E-state index in [0.29, 0.717) is 25.8 Å². The van der Waals surface area contributed by atoms with Crippen molar-refractivity contribution >= 4 is 22.3 Å². The molecule has 5 nitrogen and oxygen atoms in total. The van der Waals surface area contributed by atoms with Crippen molar-refractivity contribution in [3.8, 4) is 5.88 Å². The van der Waals surface area contributed by atoms with Gasteiger partial charge in [0.2, 0.25) is 5.88 Å². The average molecular weight is 315 g/mol. The highest BCUT2D eigenvalue weighted by atomic mass is 16.5. The van der Waals surface area contributed by atoms with Crippen LogP contribution in [-0.4, -0.2) is 41.2 Å². The van der Waals surface area contributed by atoms with E-state index in [1.54, 1.807) is 0 Å². The molecule has 2 aromatic rings. The van der Waals surface area contributed by atoms with E-state index in [4.69, 9.17) is 4.74 Å². The van der Waals surface area contributed by atoms with Gasteiger partial charge >= 0.3 is 0 Å². The van der Waals surface area contributed by atoms with Gasteiger partial charge in [-0.25, -0.2) is 0 Å². The number of fused-ring (bicyclic) bond motifs is 1. The Labute approximate surface area is 137 Å². The van der Waals surface area contributed by atoms with Crippen LogP contribution in [-0.2, 0) is 4.74 Å². The lowest BCUT2D eigenvalue weighted by Crippen LogP contribution is -2.19. The lowest BCUT2D eigenvalue weighted by Gasteiger charge is -2.14. The number of nitrogens with one attached hydrogen (secondary N) is 1. The van der Waals surface area contributed by atoms with Gasteiger partial charge in [-0.2, -0.15) is 0 Å². The topological polar surface area (TPSA) is 58.8 Å². The number of benzene rings is 1. The molecule has 0 saturated carbocycles. The molecule has 1 aromatic heterocycles.